The Kier molecular flexibility index (Phi) is 6.90. The molecule has 4 unspecified atom stereocenters. The van der Waals surface area contributed by atoms with E-state index < -0.39 is 61.8 Å². The minimum Gasteiger partial charge on any atom is -0.394 e. The van der Waals surface area contributed by atoms with Crippen LogP contribution in [0.15, 0.2) is 0 Å². The van der Waals surface area contributed by atoms with E-state index in [1.807, 2.05) is 6.92 Å². The molecule has 142 valence electrons. The van der Waals surface area contributed by atoms with Crippen LogP contribution >= 0.6 is 0 Å². The summed E-state index contributed by atoms with van der Waals surface area (Å²) in [6.07, 6.45) is -7.18. The van der Waals surface area contributed by atoms with Gasteiger partial charge < -0.3 is 51.2 Å². The van der Waals surface area contributed by atoms with Crippen molar-refractivity contribution in [3.05, 3.63) is 0 Å². The van der Waals surface area contributed by atoms with Crippen LogP contribution in [0.1, 0.15) is 13.3 Å². The topological polar surface area (TPSA) is 181 Å². The van der Waals surface area contributed by atoms with Crippen LogP contribution in [0.25, 0.3) is 0 Å². The van der Waals surface area contributed by atoms with E-state index in [4.69, 9.17) is 25.7 Å². The van der Waals surface area contributed by atoms with Crippen molar-refractivity contribution >= 4 is 0 Å². The maximum absolute atomic E-state index is 10.3. The maximum Gasteiger partial charge on any atom is 0.176 e. The van der Waals surface area contributed by atoms with Gasteiger partial charge in [0.15, 0.2) is 12.6 Å². The monoisotopic (exact) mass is 352 g/mol. The van der Waals surface area contributed by atoms with Gasteiger partial charge in [-0.1, -0.05) is 6.92 Å². The van der Waals surface area contributed by atoms with Crippen molar-refractivity contribution in [3.63, 3.8) is 0 Å². The zero-order chi connectivity index (χ0) is 18.0. The molecule has 0 saturated carbocycles. The summed E-state index contributed by atoms with van der Waals surface area (Å²) in [5, 5.41) is 49.0. The summed E-state index contributed by atoms with van der Waals surface area (Å²) in [6, 6.07) is -2.06. The molecular weight excluding hydrogens is 324 g/mol. The molecule has 0 radical (unpaired) electrons. The van der Waals surface area contributed by atoms with Gasteiger partial charge in [-0.3, -0.25) is 0 Å². The van der Waals surface area contributed by atoms with Crippen molar-refractivity contribution in [3.8, 4) is 0 Å². The fourth-order valence-corrected chi connectivity index (χ4v) is 3.26. The Morgan fingerprint density at radius 1 is 0.917 bits per heavy atom. The Bertz CT molecular complexity index is 399. The van der Waals surface area contributed by atoms with Gasteiger partial charge in [-0.25, -0.2) is 0 Å². The Balaban J connectivity index is 2.12. The Morgan fingerprint density at radius 3 is 2.08 bits per heavy atom. The van der Waals surface area contributed by atoms with Gasteiger partial charge in [0.2, 0.25) is 0 Å². The zero-order valence-corrected chi connectivity index (χ0v) is 13.5. The van der Waals surface area contributed by atoms with Gasteiger partial charge in [-0.15, -0.1) is 0 Å². The van der Waals surface area contributed by atoms with E-state index in [9.17, 15) is 25.5 Å². The van der Waals surface area contributed by atoms with E-state index in [0.29, 0.717) is 6.42 Å². The third-order valence-corrected chi connectivity index (χ3v) is 4.80. The summed E-state index contributed by atoms with van der Waals surface area (Å²) < 4.78 is 16.4. The van der Waals surface area contributed by atoms with E-state index in [1.54, 1.807) is 0 Å². The highest BCUT2D eigenvalue weighted by molar-refractivity contribution is 4.95. The Hall–Kier alpha value is -0.400. The second-order valence-electron chi connectivity index (χ2n) is 6.28. The van der Waals surface area contributed by atoms with Gasteiger partial charge in [0.25, 0.3) is 0 Å². The number of hydrogen-bond acceptors (Lipinski definition) is 10. The molecule has 2 rings (SSSR count). The first kappa shape index (κ1) is 19.9. The van der Waals surface area contributed by atoms with Crippen LogP contribution in [0.2, 0.25) is 0 Å². The minimum absolute atomic E-state index is 0.326. The molecule has 10 nitrogen and oxygen atoms in total. The smallest absolute Gasteiger partial charge is 0.176 e. The third kappa shape index (κ3) is 3.73. The van der Waals surface area contributed by atoms with E-state index in [0.717, 1.165) is 0 Å². The molecule has 0 bridgehead atoms. The molecular formula is C14H28N2O8. The predicted octanol–water partition coefficient (Wildman–Crippen LogP) is -3.80. The van der Waals surface area contributed by atoms with Gasteiger partial charge >= 0.3 is 0 Å². The first-order valence-electron chi connectivity index (χ1n) is 8.09. The molecule has 10 atom stereocenters. The highest BCUT2D eigenvalue weighted by Gasteiger charge is 2.48. The lowest BCUT2D eigenvalue weighted by Crippen LogP contribution is -2.66. The summed E-state index contributed by atoms with van der Waals surface area (Å²) >= 11 is 0. The number of nitrogens with two attached hydrogens (primary N) is 2. The number of aliphatic hydroxyl groups is 5. The SMILES string of the molecule is CC[C@@H]1C(CO)O[C@@H](O[C@@H]2C(CO)O[C@@H](O)C(N)[C@H]2O)C(N)[C@H]1O. The molecule has 2 heterocycles. The second-order valence-corrected chi connectivity index (χ2v) is 6.28. The average Bonchev–Trinajstić information content (AvgIpc) is 2.58. The molecule has 2 aliphatic rings. The predicted molar refractivity (Wildman–Crippen MR) is 80.3 cm³/mol. The van der Waals surface area contributed by atoms with E-state index >= 15 is 0 Å². The van der Waals surface area contributed by atoms with Crippen LogP contribution in [-0.2, 0) is 14.2 Å². The molecule has 24 heavy (non-hydrogen) atoms. The number of rotatable bonds is 5. The molecule has 0 aromatic rings. The molecule has 0 spiro atoms. The van der Waals surface area contributed by atoms with Crippen LogP contribution in [0.4, 0.5) is 0 Å². The second kappa shape index (κ2) is 8.32. The Labute approximate surface area is 139 Å². The van der Waals surface area contributed by atoms with Gasteiger partial charge in [0.05, 0.1) is 37.5 Å². The molecule has 0 aliphatic carbocycles. The summed E-state index contributed by atoms with van der Waals surface area (Å²) in [7, 11) is 0. The van der Waals surface area contributed by atoms with Gasteiger partial charge in [-0.2, -0.15) is 0 Å². The lowest BCUT2D eigenvalue weighted by Gasteiger charge is -2.46. The van der Waals surface area contributed by atoms with Crippen molar-refractivity contribution in [2.75, 3.05) is 13.2 Å². The van der Waals surface area contributed by atoms with Crippen molar-refractivity contribution in [1.29, 1.82) is 0 Å². The standard InChI is InChI=1S/C14H28N2O8/c1-2-5-6(3-17)23-14(9(16)10(5)19)24-12-7(4-18)22-13(21)8(15)11(12)20/h5-14,17-21H,2-4,15-16H2,1H3/t5-,6?,7?,8?,9?,10+,11-,12-,13-,14+/m1/s1. The maximum atomic E-state index is 10.3. The van der Waals surface area contributed by atoms with Crippen LogP contribution in [0.5, 0.6) is 0 Å². The quantitative estimate of drug-likeness (QED) is 0.259. The average molecular weight is 352 g/mol. The highest BCUT2D eigenvalue weighted by atomic mass is 16.7. The highest BCUT2D eigenvalue weighted by Crippen LogP contribution is 2.31. The van der Waals surface area contributed by atoms with Crippen LogP contribution in [-0.4, -0.2) is 93.9 Å². The van der Waals surface area contributed by atoms with Crippen molar-refractivity contribution in [2.24, 2.45) is 17.4 Å². The molecule has 2 aliphatic heterocycles. The Morgan fingerprint density at radius 2 is 1.54 bits per heavy atom. The zero-order valence-electron chi connectivity index (χ0n) is 13.5. The first-order chi connectivity index (χ1) is 11.3. The summed E-state index contributed by atoms with van der Waals surface area (Å²) in [5.41, 5.74) is 11.6. The number of aliphatic hydroxyl groups excluding tert-OH is 5. The van der Waals surface area contributed by atoms with Crippen LogP contribution in [0.3, 0.4) is 0 Å². The lowest BCUT2D eigenvalue weighted by molar-refractivity contribution is -0.320. The molecule has 10 heteroatoms. The normalized spacial score (nSPS) is 50.0. The molecule has 0 amide bonds. The van der Waals surface area contributed by atoms with Crippen molar-refractivity contribution in [2.45, 2.75) is 68.5 Å². The van der Waals surface area contributed by atoms with E-state index in [-0.39, 0.29) is 12.5 Å². The van der Waals surface area contributed by atoms with E-state index in [2.05, 4.69) is 0 Å². The van der Waals surface area contributed by atoms with Crippen molar-refractivity contribution < 1.29 is 39.7 Å². The van der Waals surface area contributed by atoms with Crippen LogP contribution in [0, 0.1) is 5.92 Å². The summed E-state index contributed by atoms with van der Waals surface area (Å²) in [4.78, 5) is 0. The number of hydrogen-bond donors (Lipinski definition) is 7. The largest absolute Gasteiger partial charge is 0.394 e. The van der Waals surface area contributed by atoms with Crippen LogP contribution < -0.4 is 11.5 Å². The third-order valence-electron chi connectivity index (χ3n) is 4.80. The number of ether oxygens (including phenoxy) is 3. The first-order valence-corrected chi connectivity index (χ1v) is 8.09. The molecule has 2 saturated heterocycles. The summed E-state index contributed by atoms with van der Waals surface area (Å²) in [6.45, 7) is 0.985. The van der Waals surface area contributed by atoms with Gasteiger partial charge in [0.1, 0.15) is 18.3 Å². The van der Waals surface area contributed by atoms with Gasteiger partial charge in [0, 0.05) is 5.92 Å². The molecule has 0 aromatic heterocycles. The van der Waals surface area contributed by atoms with Crippen molar-refractivity contribution in [1.82, 2.24) is 0 Å². The molecule has 9 N–H and O–H groups in total. The summed E-state index contributed by atoms with van der Waals surface area (Å²) in [5.74, 6) is -0.352. The fraction of sp³-hybridized carbons (Fsp3) is 1.00. The van der Waals surface area contributed by atoms with Gasteiger partial charge in [-0.05, 0) is 6.42 Å². The molecule has 0 aromatic carbocycles. The molecule has 2 fully saturated rings. The minimum atomic E-state index is -1.45. The fourth-order valence-electron chi connectivity index (χ4n) is 3.26. The van der Waals surface area contributed by atoms with E-state index in [1.165, 1.54) is 0 Å². The lowest BCUT2D eigenvalue weighted by atomic mass is 9.86.